The van der Waals surface area contributed by atoms with E-state index >= 15 is 0 Å². The summed E-state index contributed by atoms with van der Waals surface area (Å²) in [7, 11) is 0. The molecule has 5 heteroatoms. The lowest BCUT2D eigenvalue weighted by atomic mass is 9.91. The molecule has 1 aromatic rings. The van der Waals surface area contributed by atoms with E-state index in [-0.39, 0.29) is 11.3 Å². The van der Waals surface area contributed by atoms with Gasteiger partial charge in [0, 0.05) is 24.6 Å². The Morgan fingerprint density at radius 1 is 1.32 bits per heavy atom. The highest BCUT2D eigenvalue weighted by atomic mass is 16.4. The molecule has 19 heavy (non-hydrogen) atoms. The summed E-state index contributed by atoms with van der Waals surface area (Å²) in [5, 5.41) is 9.00. The molecule has 1 N–H and O–H groups in total. The van der Waals surface area contributed by atoms with Crippen LogP contribution in [0.4, 0.5) is 5.82 Å². The van der Waals surface area contributed by atoms with Crippen LogP contribution >= 0.6 is 0 Å². The van der Waals surface area contributed by atoms with Crippen molar-refractivity contribution in [3.05, 3.63) is 18.1 Å². The minimum absolute atomic E-state index is 0.00290. The smallest absolute Gasteiger partial charge is 0.306 e. The fourth-order valence-corrected chi connectivity index (χ4v) is 2.29. The van der Waals surface area contributed by atoms with Crippen molar-refractivity contribution in [2.24, 2.45) is 5.92 Å². The predicted octanol–water partition coefficient (Wildman–Crippen LogP) is 2.08. The molecule has 0 saturated carbocycles. The molecule has 0 bridgehead atoms. The summed E-state index contributed by atoms with van der Waals surface area (Å²) in [5.41, 5.74) is 1.01. The summed E-state index contributed by atoms with van der Waals surface area (Å²) in [6.45, 7) is 7.86. The van der Waals surface area contributed by atoms with E-state index < -0.39 is 5.97 Å². The zero-order valence-corrected chi connectivity index (χ0v) is 11.8. The molecule has 1 saturated heterocycles. The van der Waals surface area contributed by atoms with Crippen LogP contribution in [0.2, 0.25) is 0 Å². The Balaban J connectivity index is 2.10. The van der Waals surface area contributed by atoms with Crippen LogP contribution in [0.3, 0.4) is 0 Å². The molecule has 5 nitrogen and oxygen atoms in total. The molecule has 2 heterocycles. The molecule has 0 radical (unpaired) electrons. The highest BCUT2D eigenvalue weighted by Gasteiger charge is 2.26. The topological polar surface area (TPSA) is 66.3 Å². The van der Waals surface area contributed by atoms with Crippen molar-refractivity contribution in [3.8, 4) is 0 Å². The monoisotopic (exact) mass is 263 g/mol. The van der Waals surface area contributed by atoms with Crippen LogP contribution in [-0.2, 0) is 10.2 Å². The van der Waals surface area contributed by atoms with Gasteiger partial charge in [-0.25, -0.2) is 9.97 Å². The highest BCUT2D eigenvalue weighted by Crippen LogP contribution is 2.25. The predicted molar refractivity (Wildman–Crippen MR) is 73.3 cm³/mol. The lowest BCUT2D eigenvalue weighted by Gasteiger charge is -2.31. The number of rotatable bonds is 2. The van der Waals surface area contributed by atoms with E-state index in [1.54, 1.807) is 6.33 Å². The van der Waals surface area contributed by atoms with E-state index in [2.05, 4.69) is 35.6 Å². The zero-order chi connectivity index (χ0) is 14.0. The van der Waals surface area contributed by atoms with Gasteiger partial charge >= 0.3 is 5.97 Å². The van der Waals surface area contributed by atoms with Crippen molar-refractivity contribution in [2.75, 3.05) is 18.0 Å². The van der Waals surface area contributed by atoms with Gasteiger partial charge in [-0.1, -0.05) is 20.8 Å². The Bertz CT molecular complexity index is 460. The van der Waals surface area contributed by atoms with E-state index in [0.29, 0.717) is 12.8 Å². The standard InChI is InChI=1S/C14H21N3O2/c1-14(2,3)11-8-12(16-9-15-11)17-6-4-10(5-7-17)13(18)19/h8-10H,4-7H2,1-3H3,(H,18,19). The molecule has 0 unspecified atom stereocenters. The first-order valence-corrected chi connectivity index (χ1v) is 6.68. The minimum Gasteiger partial charge on any atom is -0.481 e. The third-order valence-corrected chi connectivity index (χ3v) is 3.59. The third-order valence-electron chi connectivity index (χ3n) is 3.59. The van der Waals surface area contributed by atoms with Gasteiger partial charge in [-0.3, -0.25) is 4.79 Å². The maximum atomic E-state index is 10.9. The van der Waals surface area contributed by atoms with E-state index in [4.69, 9.17) is 5.11 Å². The minimum atomic E-state index is -0.683. The zero-order valence-electron chi connectivity index (χ0n) is 11.8. The Morgan fingerprint density at radius 3 is 2.47 bits per heavy atom. The van der Waals surface area contributed by atoms with Crippen LogP contribution in [0.1, 0.15) is 39.3 Å². The Hall–Kier alpha value is -1.65. The number of aliphatic carboxylic acids is 1. The molecule has 1 fully saturated rings. The van der Waals surface area contributed by atoms with Crippen molar-refractivity contribution >= 4 is 11.8 Å². The van der Waals surface area contributed by atoms with Crippen LogP contribution < -0.4 is 4.90 Å². The van der Waals surface area contributed by atoms with Gasteiger partial charge in [0.1, 0.15) is 12.1 Å². The fourth-order valence-electron chi connectivity index (χ4n) is 2.29. The van der Waals surface area contributed by atoms with Gasteiger partial charge in [0.05, 0.1) is 11.6 Å². The van der Waals surface area contributed by atoms with Crippen molar-refractivity contribution in [2.45, 2.75) is 39.0 Å². The van der Waals surface area contributed by atoms with Gasteiger partial charge in [0.2, 0.25) is 0 Å². The van der Waals surface area contributed by atoms with E-state index in [9.17, 15) is 4.79 Å². The van der Waals surface area contributed by atoms with Gasteiger partial charge in [-0.15, -0.1) is 0 Å². The number of carboxylic acid groups (broad SMARTS) is 1. The number of hydrogen-bond acceptors (Lipinski definition) is 4. The summed E-state index contributed by atoms with van der Waals surface area (Å²) in [4.78, 5) is 21.7. The number of carboxylic acids is 1. The largest absolute Gasteiger partial charge is 0.481 e. The van der Waals surface area contributed by atoms with Crippen molar-refractivity contribution in [1.29, 1.82) is 0 Å². The number of anilines is 1. The summed E-state index contributed by atoms with van der Waals surface area (Å²) < 4.78 is 0. The first-order chi connectivity index (χ1) is 8.88. The average Bonchev–Trinajstić information content (AvgIpc) is 2.38. The number of nitrogens with zero attached hydrogens (tertiary/aromatic N) is 3. The number of carbonyl (C=O) groups is 1. The molecule has 2 rings (SSSR count). The summed E-state index contributed by atoms with van der Waals surface area (Å²) >= 11 is 0. The SMILES string of the molecule is CC(C)(C)c1cc(N2CCC(C(=O)O)CC2)ncn1. The second kappa shape index (κ2) is 5.15. The molecule has 0 spiro atoms. The van der Waals surface area contributed by atoms with E-state index in [1.165, 1.54) is 0 Å². The van der Waals surface area contributed by atoms with Crippen molar-refractivity contribution in [1.82, 2.24) is 9.97 Å². The first-order valence-electron chi connectivity index (χ1n) is 6.68. The van der Waals surface area contributed by atoms with Crippen LogP contribution in [0.25, 0.3) is 0 Å². The van der Waals surface area contributed by atoms with Crippen molar-refractivity contribution in [3.63, 3.8) is 0 Å². The maximum Gasteiger partial charge on any atom is 0.306 e. The van der Waals surface area contributed by atoms with Crippen LogP contribution in [-0.4, -0.2) is 34.1 Å². The molecule has 0 aliphatic carbocycles. The van der Waals surface area contributed by atoms with Gasteiger partial charge in [0.25, 0.3) is 0 Å². The Kier molecular flexibility index (Phi) is 3.73. The van der Waals surface area contributed by atoms with Crippen LogP contribution in [0.5, 0.6) is 0 Å². The van der Waals surface area contributed by atoms with E-state index in [1.807, 2.05) is 6.07 Å². The Morgan fingerprint density at radius 2 is 1.95 bits per heavy atom. The molecule has 1 aliphatic heterocycles. The number of aromatic nitrogens is 2. The number of hydrogen-bond donors (Lipinski definition) is 1. The van der Waals surface area contributed by atoms with Gasteiger partial charge in [-0.2, -0.15) is 0 Å². The molecule has 0 aromatic carbocycles. The van der Waals surface area contributed by atoms with E-state index in [0.717, 1.165) is 24.6 Å². The normalized spacial score (nSPS) is 17.5. The summed E-state index contributed by atoms with van der Waals surface area (Å²) in [6.07, 6.45) is 2.97. The fraction of sp³-hybridized carbons (Fsp3) is 0.643. The lowest BCUT2D eigenvalue weighted by molar-refractivity contribution is -0.142. The average molecular weight is 263 g/mol. The lowest BCUT2D eigenvalue weighted by Crippen LogP contribution is -2.37. The second-order valence-corrected chi connectivity index (χ2v) is 6.11. The molecule has 104 valence electrons. The quantitative estimate of drug-likeness (QED) is 0.884. The van der Waals surface area contributed by atoms with Gasteiger partial charge in [0.15, 0.2) is 0 Å². The van der Waals surface area contributed by atoms with Crippen LogP contribution in [0, 0.1) is 5.92 Å². The highest BCUT2D eigenvalue weighted by molar-refractivity contribution is 5.70. The molecule has 1 aliphatic rings. The number of piperidine rings is 1. The summed E-state index contributed by atoms with van der Waals surface area (Å²) in [5.74, 6) is 0.0154. The molecular formula is C14H21N3O2. The molecule has 0 amide bonds. The molecule has 0 atom stereocenters. The second-order valence-electron chi connectivity index (χ2n) is 6.11. The maximum absolute atomic E-state index is 10.9. The summed E-state index contributed by atoms with van der Waals surface area (Å²) in [6, 6.07) is 2.01. The van der Waals surface area contributed by atoms with Gasteiger partial charge < -0.3 is 10.0 Å². The van der Waals surface area contributed by atoms with Crippen LogP contribution in [0.15, 0.2) is 12.4 Å². The molecule has 1 aromatic heterocycles. The molecular weight excluding hydrogens is 242 g/mol. The van der Waals surface area contributed by atoms with Crippen molar-refractivity contribution < 1.29 is 9.90 Å². The van der Waals surface area contributed by atoms with Gasteiger partial charge in [-0.05, 0) is 12.8 Å². The Labute approximate surface area is 113 Å². The third kappa shape index (κ3) is 3.22. The first kappa shape index (κ1) is 13.8.